The van der Waals surface area contributed by atoms with Crippen LogP contribution in [-0.2, 0) is 11.3 Å². The summed E-state index contributed by atoms with van der Waals surface area (Å²) in [5.74, 6) is 1.63. The predicted octanol–water partition coefficient (Wildman–Crippen LogP) is 0.756. The van der Waals surface area contributed by atoms with Gasteiger partial charge in [-0.05, 0) is 6.92 Å². The number of aromatic nitrogens is 2. The van der Waals surface area contributed by atoms with Crippen molar-refractivity contribution in [3.05, 3.63) is 6.20 Å². The molecule has 0 atom stereocenters. The van der Waals surface area contributed by atoms with Crippen LogP contribution in [0.25, 0.3) is 0 Å². The summed E-state index contributed by atoms with van der Waals surface area (Å²) in [5, 5.41) is 6.36. The van der Waals surface area contributed by atoms with E-state index in [0.29, 0.717) is 18.2 Å². The summed E-state index contributed by atoms with van der Waals surface area (Å²) >= 11 is 3.15. The maximum Gasteiger partial charge on any atom is 0.302 e. The highest BCUT2D eigenvalue weighted by molar-refractivity contribution is 8.39. The molecule has 1 aliphatic heterocycles. The number of hydrogen-bond acceptors (Lipinski definition) is 6. The zero-order chi connectivity index (χ0) is 12.1. The third kappa shape index (κ3) is 3.74. The van der Waals surface area contributed by atoms with Gasteiger partial charge in [0.15, 0.2) is 6.54 Å². The standard InChI is InChI=1S/C9H12N4O2S2/c1-2-13-5-8(15-12-13)11-7(14)6-17-9-10-3-4-16-9/h5H,2-4,6H2,1H3/p+1. The lowest BCUT2D eigenvalue weighted by molar-refractivity contribution is -0.759. The number of aryl methyl sites for hydroxylation is 1. The number of carbonyl (C=O) groups excluding carboxylic acids is 1. The Balaban J connectivity index is 1.76. The normalized spacial score (nSPS) is 14.8. The van der Waals surface area contributed by atoms with E-state index in [1.165, 1.54) is 11.8 Å². The molecule has 0 bridgehead atoms. The van der Waals surface area contributed by atoms with Crippen LogP contribution in [0.4, 0.5) is 5.88 Å². The monoisotopic (exact) mass is 273 g/mol. The summed E-state index contributed by atoms with van der Waals surface area (Å²) in [4.78, 5) is 15.8. The van der Waals surface area contributed by atoms with Crippen molar-refractivity contribution in [1.82, 2.24) is 5.27 Å². The molecular formula is C9H13N4O2S2+. The van der Waals surface area contributed by atoms with Crippen LogP contribution in [0.3, 0.4) is 0 Å². The summed E-state index contributed by atoms with van der Waals surface area (Å²) in [7, 11) is 0. The van der Waals surface area contributed by atoms with Crippen LogP contribution in [-0.4, -0.2) is 33.6 Å². The second-order valence-corrected chi connectivity index (χ2v) is 5.56. The molecule has 6 nitrogen and oxygen atoms in total. The molecule has 1 aliphatic rings. The predicted molar refractivity (Wildman–Crippen MR) is 68.2 cm³/mol. The highest BCUT2D eigenvalue weighted by atomic mass is 32.2. The number of anilines is 1. The molecule has 1 aromatic rings. The fourth-order valence-electron chi connectivity index (χ4n) is 1.19. The van der Waals surface area contributed by atoms with E-state index < -0.39 is 0 Å². The molecule has 0 radical (unpaired) electrons. The number of hydrogen-bond donors (Lipinski definition) is 1. The minimum absolute atomic E-state index is 0.107. The number of rotatable bonds is 4. The van der Waals surface area contributed by atoms with Crippen LogP contribution in [0.2, 0.25) is 0 Å². The van der Waals surface area contributed by atoms with Crippen molar-refractivity contribution >= 4 is 39.7 Å². The molecule has 1 aromatic heterocycles. The van der Waals surface area contributed by atoms with Crippen LogP contribution >= 0.6 is 23.5 Å². The van der Waals surface area contributed by atoms with Crippen molar-refractivity contribution in [3.8, 4) is 0 Å². The molecule has 92 valence electrons. The van der Waals surface area contributed by atoms with Gasteiger partial charge >= 0.3 is 5.88 Å². The Morgan fingerprint density at radius 3 is 3.29 bits per heavy atom. The van der Waals surface area contributed by atoms with Crippen LogP contribution in [0.5, 0.6) is 0 Å². The molecule has 0 spiro atoms. The molecule has 2 rings (SSSR count). The van der Waals surface area contributed by atoms with Gasteiger partial charge in [0.1, 0.15) is 4.38 Å². The first kappa shape index (κ1) is 12.4. The molecule has 1 amide bonds. The van der Waals surface area contributed by atoms with E-state index in [4.69, 9.17) is 4.52 Å². The average molecular weight is 273 g/mol. The first-order valence-electron chi connectivity index (χ1n) is 5.24. The fourth-order valence-corrected chi connectivity index (χ4v) is 3.00. The Morgan fingerprint density at radius 2 is 2.65 bits per heavy atom. The molecule has 0 fully saturated rings. The number of nitrogens with zero attached hydrogens (tertiary/aromatic N) is 3. The summed E-state index contributed by atoms with van der Waals surface area (Å²) in [6.45, 7) is 3.51. The smallest absolute Gasteiger partial charge is 0.288 e. The van der Waals surface area contributed by atoms with E-state index >= 15 is 0 Å². The van der Waals surface area contributed by atoms with Gasteiger partial charge in [-0.2, -0.15) is 0 Å². The lowest BCUT2D eigenvalue weighted by atomic mass is 10.6. The van der Waals surface area contributed by atoms with Crippen LogP contribution in [0, 0.1) is 0 Å². The Kier molecular flexibility index (Phi) is 4.43. The van der Waals surface area contributed by atoms with Gasteiger partial charge in [0.25, 0.3) is 6.20 Å². The number of thioether (sulfide) groups is 2. The lowest BCUT2D eigenvalue weighted by Gasteiger charge is -1.98. The van der Waals surface area contributed by atoms with Gasteiger partial charge in [-0.3, -0.25) is 19.6 Å². The maximum atomic E-state index is 11.6. The maximum absolute atomic E-state index is 11.6. The molecule has 2 heterocycles. The molecule has 0 aromatic carbocycles. The third-order valence-corrected chi connectivity index (χ3v) is 4.23. The van der Waals surface area contributed by atoms with Crippen LogP contribution in [0.1, 0.15) is 6.92 Å². The summed E-state index contributed by atoms with van der Waals surface area (Å²) in [5.41, 5.74) is 0. The van der Waals surface area contributed by atoms with Crippen molar-refractivity contribution in [2.45, 2.75) is 13.5 Å². The molecule has 1 N–H and O–H groups in total. The fraction of sp³-hybridized carbons (Fsp3) is 0.556. The van der Waals surface area contributed by atoms with Gasteiger partial charge in [0.05, 0.1) is 12.3 Å². The van der Waals surface area contributed by atoms with Crippen molar-refractivity contribution in [1.29, 1.82) is 0 Å². The van der Waals surface area contributed by atoms with Crippen molar-refractivity contribution in [2.24, 2.45) is 4.99 Å². The van der Waals surface area contributed by atoms with E-state index in [-0.39, 0.29) is 5.91 Å². The lowest BCUT2D eigenvalue weighted by Crippen LogP contribution is -2.32. The van der Waals surface area contributed by atoms with Crippen LogP contribution < -0.4 is 10.00 Å². The first-order chi connectivity index (χ1) is 8.28. The molecule has 0 saturated carbocycles. The highest BCUT2D eigenvalue weighted by Gasteiger charge is 2.14. The van der Waals surface area contributed by atoms with Gasteiger partial charge in [-0.25, -0.2) is 0 Å². The van der Waals surface area contributed by atoms with Gasteiger partial charge in [0, 0.05) is 5.75 Å². The SMILES string of the molecule is CC[n+]1cc(NC(=O)CSC2=NCCS2)on1. The number of aliphatic imine (C=N–C) groups is 1. The van der Waals surface area contributed by atoms with E-state index in [2.05, 4.69) is 15.6 Å². The van der Waals surface area contributed by atoms with Crippen molar-refractivity contribution in [2.75, 3.05) is 23.4 Å². The Bertz CT molecular complexity index is 432. The van der Waals surface area contributed by atoms with Gasteiger partial charge < -0.3 is 0 Å². The largest absolute Gasteiger partial charge is 0.302 e. The minimum Gasteiger partial charge on any atom is -0.288 e. The number of carbonyl (C=O) groups is 1. The Hall–Kier alpha value is -1.02. The molecule has 17 heavy (non-hydrogen) atoms. The Labute approximate surface area is 107 Å². The second kappa shape index (κ2) is 6.06. The number of nitrogens with one attached hydrogen (secondary N) is 1. The zero-order valence-corrected chi connectivity index (χ0v) is 11.0. The van der Waals surface area contributed by atoms with Gasteiger partial charge in [-0.15, -0.1) is 0 Å². The quantitative estimate of drug-likeness (QED) is 0.820. The van der Waals surface area contributed by atoms with Crippen LogP contribution in [0.15, 0.2) is 15.7 Å². The molecule has 0 saturated heterocycles. The van der Waals surface area contributed by atoms with E-state index in [9.17, 15) is 4.79 Å². The second-order valence-electron chi connectivity index (χ2n) is 3.25. The topological polar surface area (TPSA) is 71.4 Å². The zero-order valence-electron chi connectivity index (χ0n) is 9.38. The van der Waals surface area contributed by atoms with Crippen molar-refractivity contribution < 1.29 is 14.0 Å². The summed E-state index contributed by atoms with van der Waals surface area (Å²) < 4.78 is 7.53. The average Bonchev–Trinajstić information content (AvgIpc) is 2.97. The minimum atomic E-state index is -0.107. The van der Waals surface area contributed by atoms with E-state index in [1.54, 1.807) is 22.6 Å². The highest BCUT2D eigenvalue weighted by Crippen LogP contribution is 2.21. The van der Waals surface area contributed by atoms with E-state index in [1.807, 2.05) is 6.92 Å². The number of amides is 1. The van der Waals surface area contributed by atoms with E-state index in [0.717, 1.165) is 16.7 Å². The van der Waals surface area contributed by atoms with Gasteiger partial charge in [-0.1, -0.05) is 28.2 Å². The molecule has 8 heteroatoms. The Morgan fingerprint density at radius 1 is 1.76 bits per heavy atom. The molecular weight excluding hydrogens is 260 g/mol. The third-order valence-electron chi connectivity index (χ3n) is 1.98. The molecule has 0 unspecified atom stereocenters. The summed E-state index contributed by atoms with van der Waals surface area (Å²) in [6, 6.07) is 0. The molecule has 0 aliphatic carbocycles. The first-order valence-corrected chi connectivity index (χ1v) is 7.21. The van der Waals surface area contributed by atoms with Crippen molar-refractivity contribution in [3.63, 3.8) is 0 Å². The summed E-state index contributed by atoms with van der Waals surface area (Å²) in [6.07, 6.45) is 1.66. The van der Waals surface area contributed by atoms with Gasteiger partial charge in [0.2, 0.25) is 11.2 Å².